The number of aromatic nitrogens is 2. The zero-order chi connectivity index (χ0) is 13.4. The lowest BCUT2D eigenvalue weighted by atomic mass is 9.92. The molecule has 2 aromatic rings. The second-order valence-electron chi connectivity index (χ2n) is 4.49. The van der Waals surface area contributed by atoms with Crippen molar-refractivity contribution in [3.8, 4) is 0 Å². The molecule has 0 saturated carbocycles. The minimum Gasteiger partial charge on any atom is -0.368 e. The second kappa shape index (κ2) is 4.31. The maximum absolute atomic E-state index is 11.9. The molecule has 0 bridgehead atoms. The zero-order valence-corrected chi connectivity index (χ0v) is 10.1. The third-order valence-electron chi connectivity index (χ3n) is 3.22. The van der Waals surface area contributed by atoms with Gasteiger partial charge < -0.3 is 5.73 Å². The van der Waals surface area contributed by atoms with Gasteiger partial charge in [0, 0.05) is 11.8 Å². The molecule has 2 heterocycles. The van der Waals surface area contributed by atoms with E-state index in [0.29, 0.717) is 24.1 Å². The summed E-state index contributed by atoms with van der Waals surface area (Å²) in [6.45, 7) is 0. The van der Waals surface area contributed by atoms with Crippen molar-refractivity contribution in [2.45, 2.75) is 18.8 Å². The summed E-state index contributed by atoms with van der Waals surface area (Å²) in [6.07, 6.45) is 0.764. The van der Waals surface area contributed by atoms with E-state index in [-0.39, 0.29) is 17.8 Å². The molecule has 96 valence electrons. The van der Waals surface area contributed by atoms with Gasteiger partial charge in [0.2, 0.25) is 17.8 Å². The van der Waals surface area contributed by atoms with E-state index in [1.807, 2.05) is 24.3 Å². The van der Waals surface area contributed by atoms with Crippen molar-refractivity contribution in [3.63, 3.8) is 0 Å². The van der Waals surface area contributed by atoms with Crippen LogP contribution < -0.4 is 11.1 Å². The van der Waals surface area contributed by atoms with Crippen molar-refractivity contribution >= 4 is 28.7 Å². The van der Waals surface area contributed by atoms with Crippen LogP contribution in [0.1, 0.15) is 24.5 Å². The molecule has 0 radical (unpaired) electrons. The lowest BCUT2D eigenvalue weighted by Gasteiger charge is -2.21. The number of carbonyl (C=O) groups is 2. The van der Waals surface area contributed by atoms with Crippen molar-refractivity contribution in [2.75, 3.05) is 5.73 Å². The largest absolute Gasteiger partial charge is 0.368 e. The highest BCUT2D eigenvalue weighted by molar-refractivity contribution is 6.02. The molecule has 19 heavy (non-hydrogen) atoms. The quantitative estimate of drug-likeness (QED) is 0.733. The monoisotopic (exact) mass is 256 g/mol. The van der Waals surface area contributed by atoms with E-state index < -0.39 is 5.92 Å². The molecule has 1 unspecified atom stereocenters. The van der Waals surface area contributed by atoms with Gasteiger partial charge in [-0.15, -0.1) is 0 Å². The van der Waals surface area contributed by atoms with Crippen LogP contribution in [0.2, 0.25) is 0 Å². The number of rotatable bonds is 1. The smallest absolute Gasteiger partial charge is 0.235 e. The summed E-state index contributed by atoms with van der Waals surface area (Å²) in [7, 11) is 0. The third-order valence-corrected chi connectivity index (χ3v) is 3.22. The highest BCUT2D eigenvalue weighted by atomic mass is 16.2. The predicted octanol–water partition coefficient (Wildman–Crippen LogP) is 0.732. The SMILES string of the molecule is Nc1nc(C2CCC(=O)NC2=O)c2ccccc2n1. The number of carbonyl (C=O) groups excluding carboxylic acids is 2. The molecule has 6 heteroatoms. The zero-order valence-electron chi connectivity index (χ0n) is 10.1. The summed E-state index contributed by atoms with van der Waals surface area (Å²) in [5.74, 6) is -0.876. The number of piperidine rings is 1. The summed E-state index contributed by atoms with van der Waals surface area (Å²) in [5.41, 5.74) is 6.98. The standard InChI is InChI=1S/C13H12N4O2/c14-13-15-9-4-2-1-3-7(9)11(17-13)8-5-6-10(18)16-12(8)19/h1-4,8H,5-6H2,(H2,14,15,17)(H,16,18,19). The van der Waals surface area contributed by atoms with Crippen molar-refractivity contribution < 1.29 is 9.59 Å². The summed E-state index contributed by atoms with van der Waals surface area (Å²) in [4.78, 5) is 31.5. The van der Waals surface area contributed by atoms with Crippen molar-refractivity contribution in [3.05, 3.63) is 30.0 Å². The minimum atomic E-state index is -0.451. The number of nitrogens with zero attached hydrogens (tertiary/aromatic N) is 2. The highest BCUT2D eigenvalue weighted by Gasteiger charge is 2.30. The summed E-state index contributed by atoms with van der Waals surface area (Å²) in [6, 6.07) is 7.39. The van der Waals surface area contributed by atoms with Crippen LogP contribution in [0.25, 0.3) is 10.9 Å². The second-order valence-corrected chi connectivity index (χ2v) is 4.49. The Balaban J connectivity index is 2.14. The van der Waals surface area contributed by atoms with Crippen molar-refractivity contribution in [1.82, 2.24) is 15.3 Å². The van der Waals surface area contributed by atoms with Gasteiger partial charge >= 0.3 is 0 Å². The van der Waals surface area contributed by atoms with Gasteiger partial charge in [-0.2, -0.15) is 0 Å². The van der Waals surface area contributed by atoms with E-state index in [4.69, 9.17) is 5.73 Å². The molecule has 6 nitrogen and oxygen atoms in total. The van der Waals surface area contributed by atoms with E-state index in [9.17, 15) is 9.59 Å². The van der Waals surface area contributed by atoms with Crippen molar-refractivity contribution in [2.24, 2.45) is 0 Å². The van der Waals surface area contributed by atoms with Crippen LogP contribution >= 0.6 is 0 Å². The topological polar surface area (TPSA) is 98.0 Å². The molecule has 0 spiro atoms. The van der Waals surface area contributed by atoms with Crippen LogP contribution in [0.3, 0.4) is 0 Å². The Labute approximate surface area is 109 Å². The van der Waals surface area contributed by atoms with Gasteiger partial charge in [-0.3, -0.25) is 14.9 Å². The number of para-hydroxylation sites is 1. The lowest BCUT2D eigenvalue weighted by Crippen LogP contribution is -2.39. The van der Waals surface area contributed by atoms with Crippen LogP contribution in [-0.4, -0.2) is 21.8 Å². The fraction of sp³-hybridized carbons (Fsp3) is 0.231. The number of anilines is 1. The normalized spacial score (nSPS) is 19.5. The number of benzene rings is 1. The molecule has 0 aliphatic carbocycles. The summed E-state index contributed by atoms with van der Waals surface area (Å²) >= 11 is 0. The fourth-order valence-electron chi connectivity index (χ4n) is 2.34. The van der Waals surface area contributed by atoms with E-state index in [1.54, 1.807) is 0 Å². The molecular formula is C13H12N4O2. The Morgan fingerprint density at radius 1 is 1.21 bits per heavy atom. The van der Waals surface area contributed by atoms with Gasteiger partial charge in [0.25, 0.3) is 0 Å². The Hall–Kier alpha value is -2.50. The number of fused-ring (bicyclic) bond motifs is 1. The van der Waals surface area contributed by atoms with E-state index in [2.05, 4.69) is 15.3 Å². The summed E-state index contributed by atoms with van der Waals surface area (Å²) < 4.78 is 0. The van der Waals surface area contributed by atoms with Gasteiger partial charge in [-0.25, -0.2) is 9.97 Å². The van der Waals surface area contributed by atoms with E-state index in [1.165, 1.54) is 0 Å². The van der Waals surface area contributed by atoms with E-state index in [0.717, 1.165) is 5.39 Å². The number of hydrogen-bond acceptors (Lipinski definition) is 5. The van der Waals surface area contributed by atoms with E-state index >= 15 is 0 Å². The van der Waals surface area contributed by atoms with Gasteiger partial charge in [0.15, 0.2) is 0 Å². The lowest BCUT2D eigenvalue weighted by molar-refractivity contribution is -0.134. The molecule has 1 atom stereocenters. The molecule has 3 N–H and O–H groups in total. The minimum absolute atomic E-state index is 0.137. The first-order valence-electron chi connectivity index (χ1n) is 6.01. The maximum atomic E-state index is 11.9. The maximum Gasteiger partial charge on any atom is 0.235 e. The Bertz CT molecular complexity index is 683. The van der Waals surface area contributed by atoms with Crippen molar-refractivity contribution in [1.29, 1.82) is 0 Å². The first-order valence-corrected chi connectivity index (χ1v) is 6.01. The molecular weight excluding hydrogens is 244 g/mol. The number of nitrogen functional groups attached to an aromatic ring is 1. The van der Waals surface area contributed by atoms with Crippen LogP contribution in [0, 0.1) is 0 Å². The van der Waals surface area contributed by atoms with Crippen LogP contribution in [0.15, 0.2) is 24.3 Å². The van der Waals surface area contributed by atoms with Crippen LogP contribution in [0.5, 0.6) is 0 Å². The third kappa shape index (κ3) is 2.01. The molecule has 3 rings (SSSR count). The predicted molar refractivity (Wildman–Crippen MR) is 69.1 cm³/mol. The molecule has 1 aromatic carbocycles. The number of imide groups is 1. The van der Waals surface area contributed by atoms with Crippen LogP contribution in [0.4, 0.5) is 5.95 Å². The first kappa shape index (κ1) is 11.6. The highest BCUT2D eigenvalue weighted by Crippen LogP contribution is 2.29. The molecule has 1 aromatic heterocycles. The number of nitrogens with one attached hydrogen (secondary N) is 1. The van der Waals surface area contributed by atoms with Gasteiger partial charge in [0.05, 0.1) is 17.1 Å². The fourth-order valence-corrected chi connectivity index (χ4v) is 2.34. The number of hydrogen-bond donors (Lipinski definition) is 2. The molecule has 1 aliphatic heterocycles. The summed E-state index contributed by atoms with van der Waals surface area (Å²) in [5, 5.41) is 3.13. The van der Waals surface area contributed by atoms with Gasteiger partial charge in [-0.05, 0) is 12.5 Å². The molecule has 2 amide bonds. The van der Waals surface area contributed by atoms with Gasteiger partial charge in [-0.1, -0.05) is 18.2 Å². The van der Waals surface area contributed by atoms with Crippen LogP contribution in [-0.2, 0) is 9.59 Å². The Morgan fingerprint density at radius 3 is 2.79 bits per heavy atom. The number of amides is 2. The molecule has 1 aliphatic rings. The Kier molecular flexibility index (Phi) is 2.63. The molecule has 1 fully saturated rings. The number of nitrogens with two attached hydrogens (primary N) is 1. The first-order chi connectivity index (χ1) is 9.15. The van der Waals surface area contributed by atoms with Gasteiger partial charge in [0.1, 0.15) is 0 Å². The average Bonchev–Trinajstić information content (AvgIpc) is 2.38. The molecule has 1 saturated heterocycles. The average molecular weight is 256 g/mol. The Morgan fingerprint density at radius 2 is 2.00 bits per heavy atom.